The minimum absolute atomic E-state index is 0. The molecule has 0 saturated carbocycles. The first kappa shape index (κ1) is 157. The van der Waals surface area contributed by atoms with Crippen molar-refractivity contribution in [3.05, 3.63) is 210 Å². The number of Topliss-reactive ketones (excluding diaryl/α,β-unsaturated/α-hetero) is 1. The second-order valence-corrected chi connectivity index (χ2v) is 33.1. The van der Waals surface area contributed by atoms with Crippen molar-refractivity contribution in [2.24, 2.45) is 11.5 Å². The van der Waals surface area contributed by atoms with Gasteiger partial charge in [0.2, 0.25) is 0 Å². The van der Waals surface area contributed by atoms with Crippen molar-refractivity contribution in [2.45, 2.75) is 252 Å². The molecule has 8 rings (SSSR count). The van der Waals surface area contributed by atoms with Crippen LogP contribution in [0.3, 0.4) is 0 Å². The van der Waals surface area contributed by atoms with Gasteiger partial charge in [0.25, 0.3) is 6.47 Å². The molecule has 0 radical (unpaired) electrons. The average Bonchev–Trinajstić information content (AvgIpc) is 1.18. The number of terminal acetylenes is 1. The van der Waals surface area contributed by atoms with Crippen LogP contribution in [-0.4, -0.2) is 201 Å². The van der Waals surface area contributed by atoms with Crippen molar-refractivity contribution in [3.63, 3.8) is 0 Å². The number of alkyl halides is 14. The Labute approximate surface area is 946 Å². The minimum Gasteiger partial charge on any atom is -1.00 e. The van der Waals surface area contributed by atoms with Gasteiger partial charge in [0.05, 0.1) is 35.9 Å². The molecule has 0 aromatic heterocycles. The zero-order chi connectivity index (χ0) is 104. The van der Waals surface area contributed by atoms with E-state index in [0.29, 0.717) is 65.5 Å². The number of aliphatic hydroxyl groups is 9. The number of rotatable bonds is 31. The van der Waals surface area contributed by atoms with Gasteiger partial charge >= 0.3 is 151 Å². The molecule has 3 unspecified atom stereocenters. The van der Waals surface area contributed by atoms with E-state index in [1.54, 1.807) is 124 Å². The predicted octanol–water partition coefficient (Wildman–Crippen LogP) is 13.0. The van der Waals surface area contributed by atoms with Gasteiger partial charge in [-0.25, -0.2) is 0 Å². The fourth-order valence-corrected chi connectivity index (χ4v) is 11.9. The van der Waals surface area contributed by atoms with E-state index in [4.69, 9.17) is 70.8 Å². The van der Waals surface area contributed by atoms with Crippen LogP contribution in [0.25, 0.3) is 0 Å². The van der Waals surface area contributed by atoms with Gasteiger partial charge in [0.15, 0.2) is 18.4 Å². The molecular formula is C96H142Br3Cl2F12K2N6O19P. The summed E-state index contributed by atoms with van der Waals surface area (Å²) >= 11 is 19.1. The third kappa shape index (κ3) is 84.3. The van der Waals surface area contributed by atoms with Gasteiger partial charge in [-0.2, -0.15) is 52.7 Å². The Bertz CT molecular complexity index is 4160. The van der Waals surface area contributed by atoms with Crippen molar-refractivity contribution in [3.8, 4) is 24.2 Å². The van der Waals surface area contributed by atoms with E-state index in [1.807, 2.05) is 82.3 Å². The first-order valence-electron chi connectivity index (χ1n) is 42.1. The van der Waals surface area contributed by atoms with Crippen LogP contribution < -0.4 is 141 Å². The van der Waals surface area contributed by atoms with Crippen molar-refractivity contribution < 1.29 is 251 Å². The smallest absolute Gasteiger partial charge is 1.00 e. The summed E-state index contributed by atoms with van der Waals surface area (Å²) in [5.74, 6) is 0.145. The number of nitrogens with one attached hydrogen (secondary N) is 4. The quantitative estimate of drug-likeness (QED) is 0.00221. The fraction of sp³-hybridized carbons (Fsp3) is 0.521. The summed E-state index contributed by atoms with van der Waals surface area (Å²) in [5.41, 5.74) is 13.7. The summed E-state index contributed by atoms with van der Waals surface area (Å²) in [6.45, 7) is 13.7. The first-order valence-corrected chi connectivity index (χ1v) is 47.6. The molecule has 2 aliphatic rings. The van der Waals surface area contributed by atoms with E-state index in [-0.39, 0.29) is 203 Å². The van der Waals surface area contributed by atoms with Gasteiger partial charge in [0.1, 0.15) is 11.2 Å². The van der Waals surface area contributed by atoms with Crippen molar-refractivity contribution in [1.29, 1.82) is 0 Å². The normalized spacial score (nSPS) is 13.4. The Morgan fingerprint density at radius 1 is 0.496 bits per heavy atom. The molecule has 0 bridgehead atoms. The summed E-state index contributed by atoms with van der Waals surface area (Å²) in [5, 5.41) is 101. The summed E-state index contributed by atoms with van der Waals surface area (Å²) in [6, 6.07) is 45.6. The molecule has 0 aliphatic carbocycles. The molecule has 45 heteroatoms. The van der Waals surface area contributed by atoms with Crippen LogP contribution in [0.4, 0.5) is 52.7 Å². The summed E-state index contributed by atoms with van der Waals surface area (Å²) in [7, 11) is 1.08. The summed E-state index contributed by atoms with van der Waals surface area (Å²) in [6.07, 6.45) is -7.77. The van der Waals surface area contributed by atoms with Gasteiger partial charge in [0, 0.05) is 83.2 Å². The van der Waals surface area contributed by atoms with Gasteiger partial charge in [-0.1, -0.05) is 258 Å². The van der Waals surface area contributed by atoms with Crippen molar-refractivity contribution in [2.75, 3.05) is 71.2 Å². The van der Waals surface area contributed by atoms with Crippen LogP contribution in [0.1, 0.15) is 249 Å². The maximum atomic E-state index is 11.9. The number of benzene rings is 6. The molecule has 2 aliphatic heterocycles. The van der Waals surface area contributed by atoms with Crippen molar-refractivity contribution in [1.82, 2.24) is 21.3 Å². The number of halogens is 17. The van der Waals surface area contributed by atoms with E-state index >= 15 is 0 Å². The maximum Gasteiger partial charge on any atom is 1.00 e. The van der Waals surface area contributed by atoms with E-state index in [0.717, 1.165) is 112 Å². The first-order chi connectivity index (χ1) is 63.4. The Balaban J connectivity index is -0.000000151. The van der Waals surface area contributed by atoms with Crippen LogP contribution in [0.5, 0.6) is 0 Å². The minimum atomic E-state index is -4.92. The average molecular weight is 2330 g/mol. The van der Waals surface area contributed by atoms with Crippen LogP contribution in [0, 0.1) is 24.2 Å². The molecule has 25 nitrogen and oxygen atoms in total. The summed E-state index contributed by atoms with van der Waals surface area (Å²) < 4.78 is 154. The van der Waals surface area contributed by atoms with E-state index in [2.05, 4.69) is 83.8 Å². The SMILES string of the molecule is C.C.C.C.C#CC(O)(CCC)CCC.CCCC(O)(C#Cc1cccc([C@H](O)CCN)c1)CCC.CPC.ClCCl.NCC[C@@H](O)c1ccccc1.O=C(CCNC(=O)C(F)(F)F)c1cccc(Br)c1.O=C(NCCC(O)c1cccc(Br)c1)C(F)(F)F.O=C(NCC[C@@H](O)c1cccc(Br)c1)C(F)(F)F.O=C(NCC[C@@H](O)c1ccccc1)C(F)(F)F.O=CO[O-].OC1CCCO1.OC1CCCO1.[H-].[K+].[K+]. The number of amides is 4. The Kier molecular flexibility index (Phi) is 104. The molecular weight excluding hydrogens is 2190 g/mol. The maximum absolute atomic E-state index is 11.9. The molecule has 796 valence electrons. The molecule has 2 heterocycles. The number of carbonyl (C=O) groups excluding carboxylic acids is 6. The molecule has 6 aromatic rings. The van der Waals surface area contributed by atoms with Crippen LogP contribution in [0.15, 0.2) is 171 Å². The molecule has 6 aromatic carbocycles. The number of hydrogen-bond donors (Lipinski definition) is 15. The van der Waals surface area contributed by atoms with Gasteiger partial charge < -0.3 is 99.7 Å². The molecule has 4 amide bonds. The fourth-order valence-electron chi connectivity index (χ4n) is 10.7. The van der Waals surface area contributed by atoms with Crippen LogP contribution in [-0.2, 0) is 38.3 Å². The number of ketones is 1. The molecule has 2 fully saturated rings. The second kappa shape index (κ2) is 93.1. The number of carbonyl (C=O) groups is 6. The molecule has 2 saturated heterocycles. The third-order valence-electron chi connectivity index (χ3n) is 17.1. The van der Waals surface area contributed by atoms with E-state index < -0.39 is 103 Å². The Hall–Kier alpha value is -4.22. The summed E-state index contributed by atoms with van der Waals surface area (Å²) in [4.78, 5) is 64.8. The van der Waals surface area contributed by atoms with Gasteiger partial charge in [-0.05, 0) is 173 Å². The second-order valence-electron chi connectivity index (χ2n) is 28.5. The molecule has 7 atom stereocenters. The van der Waals surface area contributed by atoms with E-state index in [1.165, 1.54) is 0 Å². The largest absolute Gasteiger partial charge is 1.00 e. The van der Waals surface area contributed by atoms with Gasteiger partial charge in [-0.15, -0.1) is 38.2 Å². The Morgan fingerprint density at radius 2 is 0.773 bits per heavy atom. The van der Waals surface area contributed by atoms with Crippen LogP contribution >= 0.6 is 79.6 Å². The number of hydrogen-bond acceptors (Lipinski definition) is 21. The van der Waals surface area contributed by atoms with E-state index in [9.17, 15) is 112 Å². The number of nitrogens with two attached hydrogens (primary N) is 2. The standard InChI is InChI=1S/C18H27NO2.2C11H11BrF3NO2.C11H9BrF3NO2.C11H12F3NO2.C9H13NO.C9H16O.2C4H8O2.C2H7P.CH2Cl2.CH2O3.4CH4.2K.H/c1-3-10-18(21,11-4-2)12-8-15-6-5-7-16(14-15)17(20)9-13-19;3*12-8-3-1-2-7(6-8)9(17)4-5-16-10(18)11(13,14)15;12-11(13,14)10(17)15-7-6-9(16)8-4-2-1-3-5-8;10-7-6-9(11)8-4-2-1-3-5-8;1-4-7-9(10,6-3)8-5-2;2*5-4-2-1-3-6-4;1-3-2;2-1-3;2-1-4-3;;;;;;;/h5-7,14,17,20-21H,3-4,9-11,13,19H2,1-2H3;2*1-3,6,9,17H,4-5H2,(H,16,18);1-3,6H,4-5H2,(H,16,18);1-5,9,16H,6-7H2,(H,15,17);1-5,9,11H,6-7,10H2;3,10H,4-5,7-8H2,1-2H3;2*4-5H,1-3H2;3H,1-2H3;1H2;1,3H;4*1H4;;;/q;;;;;;;;;;;;;;;;2*+1;-1/p-1/t17-;9-;;;2*9-;;;;;;;;;;;;;/m11..11............./s1. The van der Waals surface area contributed by atoms with Crippen molar-refractivity contribution >= 4 is 115 Å². The van der Waals surface area contributed by atoms with Crippen LogP contribution in [0.2, 0.25) is 0 Å². The zero-order valence-electron chi connectivity index (χ0n) is 78.5. The third-order valence-corrected chi connectivity index (χ3v) is 18.6. The molecule has 17 N–H and O–H groups in total. The topological polar surface area (TPSA) is 435 Å². The van der Waals surface area contributed by atoms with Gasteiger partial charge in [-0.3, -0.25) is 28.8 Å². The molecule has 0 spiro atoms. The molecule has 141 heavy (non-hydrogen) atoms. The number of ether oxygens (including phenoxy) is 2. The zero-order valence-corrected chi connectivity index (χ0v) is 91.0. The Morgan fingerprint density at radius 3 is 1.04 bits per heavy atom. The predicted molar refractivity (Wildman–Crippen MR) is 533 cm³/mol. The number of aliphatic hydroxyl groups excluding tert-OH is 7. The monoisotopic (exact) mass is 2330 g/mol.